The van der Waals surface area contributed by atoms with Crippen LogP contribution in [0.3, 0.4) is 0 Å². The van der Waals surface area contributed by atoms with E-state index in [1.165, 1.54) is 31.2 Å². The second kappa shape index (κ2) is 9.70. The Balaban J connectivity index is 1.99. The largest absolute Gasteiger partial charge is 0.494 e. The summed E-state index contributed by atoms with van der Waals surface area (Å²) in [5, 5.41) is 20.4. The highest BCUT2D eigenvalue weighted by Crippen LogP contribution is 2.29. The second-order valence-corrected chi connectivity index (χ2v) is 8.24. The van der Waals surface area contributed by atoms with Crippen LogP contribution in [-0.4, -0.2) is 22.1 Å². The van der Waals surface area contributed by atoms with Crippen LogP contribution >= 0.6 is 0 Å². The van der Waals surface area contributed by atoms with Gasteiger partial charge >= 0.3 is 0 Å². The number of carbonyl (C=O) groups is 1. The molecule has 0 fully saturated rings. The first-order valence-corrected chi connectivity index (χ1v) is 10.5. The molecule has 0 bridgehead atoms. The van der Waals surface area contributed by atoms with Gasteiger partial charge in [0.1, 0.15) is 23.2 Å². The van der Waals surface area contributed by atoms with E-state index in [-0.39, 0.29) is 35.8 Å². The normalized spacial score (nSPS) is 10.8. The molecule has 0 unspecified atom stereocenters. The molecule has 1 aromatic heterocycles. The Bertz CT molecular complexity index is 1300. The van der Waals surface area contributed by atoms with Gasteiger partial charge in [-0.15, -0.1) is 0 Å². The minimum absolute atomic E-state index is 0.0947. The fourth-order valence-corrected chi connectivity index (χ4v) is 3.66. The lowest BCUT2D eigenvalue weighted by Crippen LogP contribution is -2.28. The van der Waals surface area contributed by atoms with E-state index < -0.39 is 23.0 Å². The molecule has 3 aromatic rings. The number of carbonyl (C=O) groups excluding carboxylic acids is 1. The highest BCUT2D eigenvalue weighted by atomic mass is 19.1. The van der Waals surface area contributed by atoms with Crippen molar-refractivity contribution in [3.05, 3.63) is 92.0 Å². The number of ether oxygens (including phenoxy) is 1. The van der Waals surface area contributed by atoms with E-state index in [1.54, 1.807) is 0 Å². The number of aryl methyl sites for hydroxylation is 1. The summed E-state index contributed by atoms with van der Waals surface area (Å²) in [6.07, 6.45) is 0. The monoisotopic (exact) mass is 448 g/mol. The first-order chi connectivity index (χ1) is 15.6. The second-order valence-electron chi connectivity index (χ2n) is 8.24. The minimum atomic E-state index is -0.727. The summed E-state index contributed by atoms with van der Waals surface area (Å²) in [5.74, 6) is -0.820. The molecule has 1 N–H and O–H groups in total. The number of nitrogens with zero attached hydrogens (tertiary/aromatic N) is 2. The highest BCUT2D eigenvalue weighted by molar-refractivity contribution is 6.01. The average molecular weight is 448 g/mol. The van der Waals surface area contributed by atoms with Crippen LogP contribution in [0.5, 0.6) is 11.6 Å². The summed E-state index contributed by atoms with van der Waals surface area (Å²) in [6.45, 7) is 6.88. The van der Waals surface area contributed by atoms with Gasteiger partial charge in [0.15, 0.2) is 6.61 Å². The summed E-state index contributed by atoms with van der Waals surface area (Å²) in [4.78, 5) is 25.9. The molecule has 3 rings (SSSR count). The van der Waals surface area contributed by atoms with Crippen molar-refractivity contribution in [3.8, 4) is 17.7 Å². The SMILES string of the molecule is Cc1ccc(C(C)C)c(OCC(=O)c2c(C)c(C#N)c(=O)n(Cc3ccc(F)cc3)c2O)c1. The van der Waals surface area contributed by atoms with Crippen LogP contribution in [0.4, 0.5) is 4.39 Å². The van der Waals surface area contributed by atoms with Crippen LogP contribution in [0.15, 0.2) is 47.3 Å². The lowest BCUT2D eigenvalue weighted by molar-refractivity contribution is 0.0915. The summed E-state index contributed by atoms with van der Waals surface area (Å²) in [7, 11) is 0. The van der Waals surface area contributed by atoms with Gasteiger partial charge in [-0.25, -0.2) is 4.39 Å². The molecule has 0 aliphatic heterocycles. The predicted octanol–water partition coefficient (Wildman–Crippen LogP) is 4.61. The maximum absolute atomic E-state index is 13.2. The Morgan fingerprint density at radius 2 is 1.85 bits per heavy atom. The van der Waals surface area contributed by atoms with Crippen LogP contribution in [0.25, 0.3) is 0 Å². The van der Waals surface area contributed by atoms with E-state index in [9.17, 15) is 24.3 Å². The molecule has 0 saturated heterocycles. The van der Waals surface area contributed by atoms with Crippen LogP contribution in [0.2, 0.25) is 0 Å². The molecular weight excluding hydrogens is 423 g/mol. The molecule has 6 nitrogen and oxygen atoms in total. The first-order valence-electron chi connectivity index (χ1n) is 10.5. The van der Waals surface area contributed by atoms with Crippen molar-refractivity contribution < 1.29 is 19.0 Å². The Kier molecular flexibility index (Phi) is 6.98. The van der Waals surface area contributed by atoms with Crippen molar-refractivity contribution >= 4 is 5.78 Å². The third-order valence-corrected chi connectivity index (χ3v) is 5.48. The molecule has 170 valence electrons. The molecule has 33 heavy (non-hydrogen) atoms. The van der Waals surface area contributed by atoms with E-state index in [2.05, 4.69) is 0 Å². The molecule has 2 aromatic carbocycles. The number of benzene rings is 2. The number of hydrogen-bond donors (Lipinski definition) is 1. The molecule has 0 aliphatic carbocycles. The summed E-state index contributed by atoms with van der Waals surface area (Å²) >= 11 is 0. The quantitative estimate of drug-likeness (QED) is 0.533. The van der Waals surface area contributed by atoms with Crippen LogP contribution in [0, 0.1) is 31.0 Å². The van der Waals surface area contributed by atoms with E-state index in [0.29, 0.717) is 11.3 Å². The molecule has 7 heteroatoms. The van der Waals surface area contributed by atoms with Crippen LogP contribution < -0.4 is 10.3 Å². The highest BCUT2D eigenvalue weighted by Gasteiger charge is 2.25. The Hall–Kier alpha value is -3.92. The topological polar surface area (TPSA) is 92.3 Å². The van der Waals surface area contributed by atoms with E-state index in [1.807, 2.05) is 45.0 Å². The third-order valence-electron chi connectivity index (χ3n) is 5.48. The zero-order valence-electron chi connectivity index (χ0n) is 19.0. The molecule has 0 saturated carbocycles. The van der Waals surface area contributed by atoms with Crippen molar-refractivity contribution in [2.24, 2.45) is 0 Å². The van der Waals surface area contributed by atoms with Gasteiger partial charge in [0, 0.05) is 0 Å². The lowest BCUT2D eigenvalue weighted by atomic mass is 10.00. The summed E-state index contributed by atoms with van der Waals surface area (Å²) < 4.78 is 20.0. The van der Waals surface area contributed by atoms with Gasteiger partial charge in [-0.2, -0.15) is 5.26 Å². The number of aromatic hydroxyl groups is 1. The number of pyridine rings is 1. The average Bonchev–Trinajstić information content (AvgIpc) is 2.76. The molecule has 0 amide bonds. The van der Waals surface area contributed by atoms with Crippen molar-refractivity contribution in [1.29, 1.82) is 5.26 Å². The van der Waals surface area contributed by atoms with Crippen LogP contribution in [-0.2, 0) is 6.54 Å². The Morgan fingerprint density at radius 1 is 1.18 bits per heavy atom. The standard InChI is InChI=1S/C26H25FN2O4/c1-15(2)20-10-5-16(3)11-23(20)33-14-22(30)24-17(4)21(12-28)25(31)29(26(24)32)13-18-6-8-19(27)9-7-18/h5-11,15,32H,13-14H2,1-4H3. The molecule has 1 heterocycles. The predicted molar refractivity (Wildman–Crippen MR) is 122 cm³/mol. The molecule has 0 spiro atoms. The van der Waals surface area contributed by atoms with E-state index in [4.69, 9.17) is 4.74 Å². The van der Waals surface area contributed by atoms with Crippen molar-refractivity contribution in [3.63, 3.8) is 0 Å². The number of nitriles is 1. The fourth-order valence-electron chi connectivity index (χ4n) is 3.66. The Labute approximate surface area is 191 Å². The zero-order valence-corrected chi connectivity index (χ0v) is 19.0. The van der Waals surface area contributed by atoms with Crippen molar-refractivity contribution in [1.82, 2.24) is 4.57 Å². The molecular formula is C26H25FN2O4. The van der Waals surface area contributed by atoms with E-state index in [0.717, 1.165) is 15.7 Å². The van der Waals surface area contributed by atoms with Gasteiger partial charge in [-0.1, -0.05) is 38.1 Å². The number of rotatable bonds is 7. The lowest BCUT2D eigenvalue weighted by Gasteiger charge is -2.17. The Morgan fingerprint density at radius 3 is 2.45 bits per heavy atom. The van der Waals surface area contributed by atoms with Crippen LogP contribution in [0.1, 0.15) is 57.9 Å². The maximum atomic E-state index is 13.2. The molecule has 0 atom stereocenters. The number of hydrogen-bond acceptors (Lipinski definition) is 5. The van der Waals surface area contributed by atoms with Gasteiger partial charge in [-0.05, 0) is 60.2 Å². The first kappa shape index (κ1) is 23.7. The van der Waals surface area contributed by atoms with Gasteiger partial charge in [0.2, 0.25) is 11.7 Å². The summed E-state index contributed by atoms with van der Waals surface area (Å²) in [6, 6.07) is 13.0. The third kappa shape index (κ3) is 4.96. The van der Waals surface area contributed by atoms with Gasteiger partial charge in [0.05, 0.1) is 12.1 Å². The van der Waals surface area contributed by atoms with Crippen molar-refractivity contribution in [2.75, 3.05) is 6.61 Å². The smallest absolute Gasteiger partial charge is 0.271 e. The fraction of sp³-hybridized carbons (Fsp3) is 0.269. The van der Waals surface area contributed by atoms with Crippen molar-refractivity contribution in [2.45, 2.75) is 40.2 Å². The molecule has 0 radical (unpaired) electrons. The summed E-state index contributed by atoms with van der Waals surface area (Å²) in [5.41, 5.74) is 1.42. The zero-order chi connectivity index (χ0) is 24.3. The maximum Gasteiger partial charge on any atom is 0.271 e. The minimum Gasteiger partial charge on any atom is -0.494 e. The van der Waals surface area contributed by atoms with Gasteiger partial charge in [-0.3, -0.25) is 14.2 Å². The number of halogens is 1. The van der Waals surface area contributed by atoms with Gasteiger partial charge in [0.25, 0.3) is 5.56 Å². The number of aromatic nitrogens is 1. The van der Waals surface area contributed by atoms with Gasteiger partial charge < -0.3 is 9.84 Å². The number of Topliss-reactive ketones (excluding diaryl/α,β-unsaturated/α-hetero) is 1. The molecule has 0 aliphatic rings. The van der Waals surface area contributed by atoms with E-state index >= 15 is 0 Å². The number of ketones is 1.